The summed E-state index contributed by atoms with van der Waals surface area (Å²) in [6.07, 6.45) is 0. The third-order valence-corrected chi connectivity index (χ3v) is 3.46. The van der Waals surface area contributed by atoms with E-state index in [1.807, 2.05) is 11.4 Å². The number of benzene rings is 1. The van der Waals surface area contributed by atoms with Gasteiger partial charge in [0.05, 0.1) is 11.1 Å². The molecular formula is C12H8ClN3OS. The minimum absolute atomic E-state index is 0.167. The Morgan fingerprint density at radius 1 is 1.39 bits per heavy atom. The molecule has 0 aliphatic heterocycles. The number of aromatic nitrogens is 2. The molecular weight excluding hydrogens is 270 g/mol. The summed E-state index contributed by atoms with van der Waals surface area (Å²) in [5.74, 6) is 0.345. The topological polar surface area (TPSA) is 57.8 Å². The van der Waals surface area contributed by atoms with Crippen LogP contribution in [0.3, 0.4) is 0 Å². The van der Waals surface area contributed by atoms with Gasteiger partial charge >= 0.3 is 0 Å². The highest BCUT2D eigenvalue weighted by atomic mass is 35.5. The number of halogens is 1. The van der Waals surface area contributed by atoms with Gasteiger partial charge in [0.25, 0.3) is 5.91 Å². The van der Waals surface area contributed by atoms with Crippen molar-refractivity contribution < 1.29 is 4.79 Å². The minimum Gasteiger partial charge on any atom is -0.305 e. The summed E-state index contributed by atoms with van der Waals surface area (Å²) in [6.45, 7) is 0. The second-order valence-electron chi connectivity index (χ2n) is 3.73. The molecule has 0 saturated heterocycles. The van der Waals surface area contributed by atoms with Gasteiger partial charge < -0.3 is 5.32 Å². The molecule has 0 atom stereocenters. The molecule has 4 nitrogen and oxygen atoms in total. The Kier molecular flexibility index (Phi) is 2.77. The van der Waals surface area contributed by atoms with Crippen LogP contribution in [-0.4, -0.2) is 16.1 Å². The number of hydrogen-bond donors (Lipinski definition) is 2. The maximum absolute atomic E-state index is 11.9. The number of carbonyl (C=O) groups is 1. The van der Waals surface area contributed by atoms with E-state index >= 15 is 0 Å². The predicted octanol–water partition coefficient (Wildman–Crippen LogP) is 3.53. The Bertz CT molecular complexity index is 705. The Morgan fingerprint density at radius 3 is 3.06 bits per heavy atom. The number of rotatable bonds is 2. The first kappa shape index (κ1) is 11.3. The third kappa shape index (κ3) is 1.98. The third-order valence-electron chi connectivity index (χ3n) is 2.54. The lowest BCUT2D eigenvalue weighted by atomic mass is 10.2. The van der Waals surface area contributed by atoms with Crippen LogP contribution in [0.25, 0.3) is 10.9 Å². The van der Waals surface area contributed by atoms with Crippen molar-refractivity contribution in [1.82, 2.24) is 10.2 Å². The molecule has 0 aliphatic rings. The van der Waals surface area contributed by atoms with Crippen LogP contribution in [0.2, 0.25) is 5.02 Å². The zero-order valence-electron chi connectivity index (χ0n) is 9.11. The number of anilines is 1. The second-order valence-corrected chi connectivity index (χ2v) is 4.94. The van der Waals surface area contributed by atoms with Crippen molar-refractivity contribution in [2.75, 3.05) is 5.32 Å². The molecule has 2 heterocycles. The summed E-state index contributed by atoms with van der Waals surface area (Å²) in [5, 5.41) is 14.8. The van der Waals surface area contributed by atoms with E-state index in [-0.39, 0.29) is 5.91 Å². The van der Waals surface area contributed by atoms with E-state index in [2.05, 4.69) is 15.5 Å². The monoisotopic (exact) mass is 277 g/mol. The van der Waals surface area contributed by atoms with Crippen LogP contribution in [0.4, 0.5) is 5.82 Å². The highest BCUT2D eigenvalue weighted by Crippen LogP contribution is 2.24. The Morgan fingerprint density at radius 2 is 2.28 bits per heavy atom. The van der Waals surface area contributed by atoms with Crippen molar-refractivity contribution in [3.05, 3.63) is 45.6 Å². The summed E-state index contributed by atoms with van der Waals surface area (Å²) in [6, 6.07) is 7.12. The number of fused-ring (bicyclic) bond motifs is 1. The first-order valence-electron chi connectivity index (χ1n) is 5.21. The van der Waals surface area contributed by atoms with Crippen molar-refractivity contribution in [1.29, 1.82) is 0 Å². The van der Waals surface area contributed by atoms with Crippen LogP contribution >= 0.6 is 22.9 Å². The van der Waals surface area contributed by atoms with Crippen molar-refractivity contribution in [2.24, 2.45) is 0 Å². The molecule has 6 heteroatoms. The van der Waals surface area contributed by atoms with Crippen LogP contribution in [0, 0.1) is 0 Å². The molecule has 1 amide bonds. The zero-order chi connectivity index (χ0) is 12.5. The van der Waals surface area contributed by atoms with Crippen LogP contribution in [0.15, 0.2) is 35.0 Å². The van der Waals surface area contributed by atoms with Crippen molar-refractivity contribution in [3.8, 4) is 0 Å². The summed E-state index contributed by atoms with van der Waals surface area (Å²) in [4.78, 5) is 11.9. The number of amides is 1. The molecule has 1 aromatic carbocycles. The van der Waals surface area contributed by atoms with E-state index in [0.717, 1.165) is 10.9 Å². The molecule has 0 unspecified atom stereocenters. The highest BCUT2D eigenvalue weighted by Gasteiger charge is 2.11. The summed E-state index contributed by atoms with van der Waals surface area (Å²) in [7, 11) is 0. The average Bonchev–Trinajstić information content (AvgIpc) is 2.98. The van der Waals surface area contributed by atoms with Crippen molar-refractivity contribution in [3.63, 3.8) is 0 Å². The van der Waals surface area contributed by atoms with Gasteiger partial charge in [-0.3, -0.25) is 9.89 Å². The lowest BCUT2D eigenvalue weighted by molar-refractivity contribution is 0.102. The Balaban J connectivity index is 1.94. The Labute approximate surface area is 112 Å². The summed E-state index contributed by atoms with van der Waals surface area (Å²) in [5.41, 5.74) is 1.42. The van der Waals surface area contributed by atoms with Gasteiger partial charge in [-0.1, -0.05) is 11.6 Å². The fourth-order valence-corrected chi connectivity index (χ4v) is 2.47. The van der Waals surface area contributed by atoms with Gasteiger partial charge in [-0.2, -0.15) is 16.4 Å². The predicted molar refractivity (Wildman–Crippen MR) is 73.4 cm³/mol. The second kappa shape index (κ2) is 4.44. The molecule has 90 valence electrons. The number of nitrogens with one attached hydrogen (secondary N) is 2. The zero-order valence-corrected chi connectivity index (χ0v) is 10.7. The van der Waals surface area contributed by atoms with Gasteiger partial charge in [-0.25, -0.2) is 0 Å². The van der Waals surface area contributed by atoms with E-state index in [0.29, 0.717) is 16.4 Å². The highest BCUT2D eigenvalue weighted by molar-refractivity contribution is 7.08. The van der Waals surface area contributed by atoms with Crippen molar-refractivity contribution in [2.45, 2.75) is 0 Å². The van der Waals surface area contributed by atoms with E-state index in [1.54, 1.807) is 23.6 Å². The lowest BCUT2D eigenvalue weighted by Gasteiger charge is -2.00. The standard InChI is InChI=1S/C12H8ClN3OS/c13-8-1-2-9-10(5-8)15-16-11(9)14-12(17)7-3-4-18-6-7/h1-6H,(H2,14,15,16,17). The van der Waals surface area contributed by atoms with Gasteiger partial charge in [0.2, 0.25) is 0 Å². The molecule has 0 fully saturated rings. The number of thiophene rings is 1. The smallest absolute Gasteiger partial charge is 0.257 e. The molecule has 0 bridgehead atoms. The summed E-state index contributed by atoms with van der Waals surface area (Å²) < 4.78 is 0. The fourth-order valence-electron chi connectivity index (χ4n) is 1.66. The number of carbonyl (C=O) groups excluding carboxylic acids is 1. The molecule has 3 rings (SSSR count). The number of aromatic amines is 1. The minimum atomic E-state index is -0.167. The SMILES string of the molecule is O=C(Nc1n[nH]c2cc(Cl)ccc12)c1ccsc1. The van der Waals surface area contributed by atoms with E-state index in [9.17, 15) is 4.79 Å². The number of H-pyrrole nitrogens is 1. The maximum atomic E-state index is 11.9. The molecule has 0 saturated carbocycles. The summed E-state index contributed by atoms with van der Waals surface area (Å²) >= 11 is 7.36. The van der Waals surface area contributed by atoms with Crippen LogP contribution in [-0.2, 0) is 0 Å². The largest absolute Gasteiger partial charge is 0.305 e. The molecule has 0 spiro atoms. The first-order valence-corrected chi connectivity index (χ1v) is 6.53. The molecule has 2 aromatic heterocycles. The van der Waals surface area contributed by atoms with Crippen LogP contribution < -0.4 is 5.32 Å². The Hall–Kier alpha value is -1.85. The molecule has 2 N–H and O–H groups in total. The lowest BCUT2D eigenvalue weighted by Crippen LogP contribution is -2.11. The molecule has 3 aromatic rings. The van der Waals surface area contributed by atoms with Gasteiger partial charge in [-0.05, 0) is 29.6 Å². The van der Waals surface area contributed by atoms with Crippen LogP contribution in [0.5, 0.6) is 0 Å². The average molecular weight is 278 g/mol. The van der Waals surface area contributed by atoms with Crippen LogP contribution in [0.1, 0.15) is 10.4 Å². The first-order chi connectivity index (χ1) is 8.74. The van der Waals surface area contributed by atoms with E-state index in [1.165, 1.54) is 11.3 Å². The maximum Gasteiger partial charge on any atom is 0.257 e. The molecule has 0 radical (unpaired) electrons. The van der Waals surface area contributed by atoms with Gasteiger partial charge in [-0.15, -0.1) is 0 Å². The molecule has 18 heavy (non-hydrogen) atoms. The normalized spacial score (nSPS) is 10.7. The van der Waals surface area contributed by atoms with E-state index in [4.69, 9.17) is 11.6 Å². The van der Waals surface area contributed by atoms with Crippen molar-refractivity contribution >= 4 is 45.6 Å². The quantitative estimate of drug-likeness (QED) is 0.753. The van der Waals surface area contributed by atoms with Gasteiger partial charge in [0.15, 0.2) is 5.82 Å². The fraction of sp³-hybridized carbons (Fsp3) is 0. The van der Waals surface area contributed by atoms with E-state index < -0.39 is 0 Å². The number of hydrogen-bond acceptors (Lipinski definition) is 3. The van der Waals surface area contributed by atoms with Gasteiger partial charge in [0.1, 0.15) is 0 Å². The number of nitrogens with zero attached hydrogens (tertiary/aromatic N) is 1. The molecule has 0 aliphatic carbocycles. The van der Waals surface area contributed by atoms with Gasteiger partial charge in [0, 0.05) is 15.8 Å².